The molecule has 0 spiro atoms. The Bertz CT molecular complexity index is 698. The molecule has 1 heterocycles. The lowest BCUT2D eigenvalue weighted by Gasteiger charge is -2.18. The van der Waals surface area contributed by atoms with Crippen molar-refractivity contribution < 1.29 is 14.8 Å². The number of pyridine rings is 1. The number of carbonyl (C=O) groups is 1. The van der Waals surface area contributed by atoms with Crippen LogP contribution in [0.4, 0.5) is 17.2 Å². The molecule has 108 valence electrons. The van der Waals surface area contributed by atoms with Crippen LogP contribution >= 0.6 is 0 Å². The first-order valence-corrected chi connectivity index (χ1v) is 6.09. The van der Waals surface area contributed by atoms with Gasteiger partial charge >= 0.3 is 5.97 Å². The molecule has 0 aliphatic heterocycles. The van der Waals surface area contributed by atoms with Gasteiger partial charge in [-0.2, -0.15) is 0 Å². The van der Waals surface area contributed by atoms with Gasteiger partial charge in [0.15, 0.2) is 0 Å². The Hall–Kier alpha value is -2.96. The van der Waals surface area contributed by atoms with Crippen LogP contribution in [-0.2, 0) is 0 Å². The van der Waals surface area contributed by atoms with Crippen LogP contribution in [0, 0.1) is 17.0 Å². The maximum absolute atomic E-state index is 10.8. The summed E-state index contributed by atoms with van der Waals surface area (Å²) < 4.78 is 0. The first kappa shape index (κ1) is 14.4. The van der Waals surface area contributed by atoms with E-state index in [-0.39, 0.29) is 11.3 Å². The number of nitro groups is 1. The Balaban J connectivity index is 2.31. The third-order valence-corrected chi connectivity index (χ3v) is 3.09. The number of hydrogen-bond acceptors (Lipinski definition) is 5. The van der Waals surface area contributed by atoms with Crippen LogP contribution in [0.5, 0.6) is 0 Å². The van der Waals surface area contributed by atoms with E-state index in [0.717, 1.165) is 5.69 Å². The number of carboxylic acids is 1. The van der Waals surface area contributed by atoms with Gasteiger partial charge in [0.25, 0.3) is 5.69 Å². The van der Waals surface area contributed by atoms with Crippen LogP contribution < -0.4 is 4.90 Å². The Labute approximate surface area is 120 Å². The third kappa shape index (κ3) is 2.97. The number of rotatable bonds is 4. The number of aryl methyl sites for hydroxylation is 1. The molecule has 1 aromatic heterocycles. The van der Waals surface area contributed by atoms with E-state index in [9.17, 15) is 14.9 Å². The quantitative estimate of drug-likeness (QED) is 0.686. The highest BCUT2D eigenvalue weighted by atomic mass is 16.6. The lowest BCUT2D eigenvalue weighted by atomic mass is 10.2. The number of anilines is 2. The predicted octanol–water partition coefficient (Wildman–Crippen LogP) is 2.76. The Morgan fingerprint density at radius 1 is 1.24 bits per heavy atom. The summed E-state index contributed by atoms with van der Waals surface area (Å²) in [6, 6.07) is 9.25. The fourth-order valence-electron chi connectivity index (χ4n) is 1.88. The van der Waals surface area contributed by atoms with Crippen LogP contribution in [0.15, 0.2) is 36.4 Å². The van der Waals surface area contributed by atoms with Crippen LogP contribution in [0.2, 0.25) is 0 Å². The van der Waals surface area contributed by atoms with E-state index >= 15 is 0 Å². The number of benzene rings is 1. The van der Waals surface area contributed by atoms with Gasteiger partial charge in [-0.1, -0.05) is 0 Å². The Kier molecular flexibility index (Phi) is 3.84. The van der Waals surface area contributed by atoms with E-state index in [1.165, 1.54) is 18.2 Å². The molecule has 0 amide bonds. The first-order valence-electron chi connectivity index (χ1n) is 6.09. The lowest BCUT2D eigenvalue weighted by Crippen LogP contribution is -2.12. The van der Waals surface area contributed by atoms with E-state index in [4.69, 9.17) is 5.11 Å². The molecular formula is C14H13N3O4. The zero-order valence-electron chi connectivity index (χ0n) is 11.5. The molecule has 0 aliphatic carbocycles. The molecule has 2 rings (SSSR count). The van der Waals surface area contributed by atoms with Crippen molar-refractivity contribution in [2.75, 3.05) is 11.9 Å². The molecule has 0 saturated carbocycles. The zero-order valence-corrected chi connectivity index (χ0v) is 11.5. The largest absolute Gasteiger partial charge is 0.478 e. The summed E-state index contributed by atoms with van der Waals surface area (Å²) in [4.78, 5) is 27.0. The molecule has 1 aromatic carbocycles. The average molecular weight is 287 g/mol. The van der Waals surface area contributed by atoms with Crippen molar-refractivity contribution >= 4 is 23.2 Å². The van der Waals surface area contributed by atoms with Gasteiger partial charge in [0.2, 0.25) is 0 Å². The van der Waals surface area contributed by atoms with Crippen molar-refractivity contribution in [3.05, 3.63) is 57.8 Å². The molecule has 0 fully saturated rings. The topological polar surface area (TPSA) is 96.6 Å². The van der Waals surface area contributed by atoms with Gasteiger partial charge < -0.3 is 10.0 Å². The summed E-state index contributed by atoms with van der Waals surface area (Å²) in [5.74, 6) is -0.449. The second-order valence-corrected chi connectivity index (χ2v) is 4.44. The Morgan fingerprint density at radius 3 is 2.33 bits per heavy atom. The normalized spacial score (nSPS) is 10.2. The van der Waals surface area contributed by atoms with Crippen molar-refractivity contribution in [3.63, 3.8) is 0 Å². The maximum Gasteiger partial charge on any atom is 0.335 e. The fraction of sp³-hybridized carbons (Fsp3) is 0.143. The highest BCUT2D eigenvalue weighted by Crippen LogP contribution is 2.25. The van der Waals surface area contributed by atoms with Crippen molar-refractivity contribution in [3.8, 4) is 0 Å². The van der Waals surface area contributed by atoms with E-state index in [1.54, 1.807) is 37.1 Å². The summed E-state index contributed by atoms with van der Waals surface area (Å²) in [7, 11) is 1.75. The summed E-state index contributed by atoms with van der Waals surface area (Å²) in [6.07, 6.45) is 0. The standard InChI is InChI=1S/C14H13N3O4/c1-9-12(17(20)21)7-8-13(15-9)16(2)11-5-3-10(4-6-11)14(18)19/h3-8H,1-2H3,(H,18,19). The fourth-order valence-corrected chi connectivity index (χ4v) is 1.88. The van der Waals surface area contributed by atoms with Gasteiger partial charge in [-0.3, -0.25) is 10.1 Å². The summed E-state index contributed by atoms with van der Waals surface area (Å²) in [5, 5.41) is 19.6. The lowest BCUT2D eigenvalue weighted by molar-refractivity contribution is -0.385. The van der Waals surface area contributed by atoms with Crippen molar-refractivity contribution in [1.29, 1.82) is 0 Å². The number of aromatic nitrogens is 1. The Morgan fingerprint density at radius 2 is 1.86 bits per heavy atom. The highest BCUT2D eigenvalue weighted by Gasteiger charge is 2.14. The number of hydrogen-bond donors (Lipinski definition) is 1. The highest BCUT2D eigenvalue weighted by molar-refractivity contribution is 5.88. The van der Waals surface area contributed by atoms with Crippen molar-refractivity contribution in [2.45, 2.75) is 6.92 Å². The molecule has 0 unspecified atom stereocenters. The van der Waals surface area contributed by atoms with Crippen LogP contribution in [0.1, 0.15) is 16.1 Å². The molecule has 21 heavy (non-hydrogen) atoms. The van der Waals surface area contributed by atoms with Crippen molar-refractivity contribution in [2.24, 2.45) is 0 Å². The van der Waals surface area contributed by atoms with E-state index < -0.39 is 10.9 Å². The van der Waals surface area contributed by atoms with Gasteiger partial charge in [0, 0.05) is 18.8 Å². The molecule has 1 N–H and O–H groups in total. The van der Waals surface area contributed by atoms with E-state index in [1.807, 2.05) is 0 Å². The second kappa shape index (κ2) is 5.58. The zero-order chi connectivity index (χ0) is 15.6. The molecule has 0 radical (unpaired) electrons. The summed E-state index contributed by atoms with van der Waals surface area (Å²) >= 11 is 0. The van der Waals surface area contributed by atoms with Crippen molar-refractivity contribution in [1.82, 2.24) is 4.98 Å². The predicted molar refractivity (Wildman–Crippen MR) is 77.1 cm³/mol. The number of nitrogens with zero attached hydrogens (tertiary/aromatic N) is 3. The minimum atomic E-state index is -0.992. The molecular weight excluding hydrogens is 274 g/mol. The van der Waals surface area contributed by atoms with Gasteiger partial charge in [0.05, 0.1) is 10.5 Å². The summed E-state index contributed by atoms with van der Waals surface area (Å²) in [5.41, 5.74) is 1.22. The molecule has 2 aromatic rings. The minimum absolute atomic E-state index is 0.0339. The number of aromatic carboxylic acids is 1. The van der Waals surface area contributed by atoms with Gasteiger partial charge in [-0.15, -0.1) is 0 Å². The van der Waals surface area contributed by atoms with E-state index in [2.05, 4.69) is 4.98 Å². The molecule has 7 nitrogen and oxygen atoms in total. The number of carboxylic acid groups (broad SMARTS) is 1. The molecule has 7 heteroatoms. The van der Waals surface area contributed by atoms with Crippen LogP contribution in [0.25, 0.3) is 0 Å². The molecule has 0 bridgehead atoms. The summed E-state index contributed by atoms with van der Waals surface area (Å²) in [6.45, 7) is 1.57. The third-order valence-electron chi connectivity index (χ3n) is 3.09. The minimum Gasteiger partial charge on any atom is -0.478 e. The van der Waals surface area contributed by atoms with Gasteiger partial charge in [-0.05, 0) is 37.3 Å². The molecule has 0 saturated heterocycles. The first-order chi connectivity index (χ1) is 9.90. The van der Waals surface area contributed by atoms with Gasteiger partial charge in [-0.25, -0.2) is 9.78 Å². The SMILES string of the molecule is Cc1nc(N(C)c2ccc(C(=O)O)cc2)ccc1[N+](=O)[O-]. The van der Waals surface area contributed by atoms with E-state index in [0.29, 0.717) is 11.5 Å². The van der Waals surface area contributed by atoms with Crippen LogP contribution in [-0.4, -0.2) is 28.0 Å². The maximum atomic E-state index is 10.8. The smallest absolute Gasteiger partial charge is 0.335 e. The van der Waals surface area contributed by atoms with Crippen LogP contribution in [0.3, 0.4) is 0 Å². The van der Waals surface area contributed by atoms with Gasteiger partial charge in [0.1, 0.15) is 11.5 Å². The average Bonchev–Trinajstić information content (AvgIpc) is 2.46. The second-order valence-electron chi connectivity index (χ2n) is 4.44. The monoisotopic (exact) mass is 287 g/mol. The molecule has 0 aliphatic rings. The molecule has 0 atom stereocenters.